The molecule has 0 spiro atoms. The maximum absolute atomic E-state index is 14.3. The number of hydrogen-bond donors (Lipinski definition) is 0. The van der Waals surface area contributed by atoms with Crippen LogP contribution >= 0.6 is 11.8 Å². The van der Waals surface area contributed by atoms with Crippen LogP contribution in [0.25, 0.3) is 0 Å². The van der Waals surface area contributed by atoms with Crippen LogP contribution in [0.2, 0.25) is 0 Å². The monoisotopic (exact) mass is 312 g/mol. The largest absolute Gasteiger partial charge is 0.321 e. The Morgan fingerprint density at radius 1 is 1.33 bits per heavy atom. The molecule has 0 aliphatic carbocycles. The molecule has 1 aromatic carbocycles. The van der Waals surface area contributed by atoms with Crippen LogP contribution in [-0.4, -0.2) is 28.0 Å². The van der Waals surface area contributed by atoms with Crippen LogP contribution in [0.5, 0.6) is 0 Å². The van der Waals surface area contributed by atoms with Crippen molar-refractivity contribution in [3.63, 3.8) is 0 Å². The number of amidine groups is 1. The lowest BCUT2D eigenvalue weighted by Gasteiger charge is -2.32. The molecule has 1 aliphatic heterocycles. The van der Waals surface area contributed by atoms with E-state index in [0.717, 1.165) is 17.4 Å². The Morgan fingerprint density at radius 3 is 2.33 bits per heavy atom. The zero-order valence-corrected chi connectivity index (χ0v) is 13.3. The molecule has 1 aromatic rings. The number of carbonyl (C=O) groups excluding carboxylic acids is 1. The van der Waals surface area contributed by atoms with Gasteiger partial charge in [0.25, 0.3) is 5.91 Å². The number of anilines is 1. The molecule has 1 heterocycles. The standard InChI is InChI=1S/C15H18F2N2OS/c1-5-19(11-8-6-10(16)7-9-11)13-18-12(20)15(4,21-13)14(2,3)17/h6-9H,5H2,1-4H3. The Hall–Kier alpha value is -1.43. The highest BCUT2D eigenvalue weighted by atomic mass is 32.2. The van der Waals surface area contributed by atoms with Crippen molar-refractivity contribution < 1.29 is 13.6 Å². The van der Waals surface area contributed by atoms with Crippen LogP contribution in [0.3, 0.4) is 0 Å². The van der Waals surface area contributed by atoms with E-state index in [-0.39, 0.29) is 5.82 Å². The van der Waals surface area contributed by atoms with Crippen molar-refractivity contribution in [2.24, 2.45) is 4.99 Å². The highest BCUT2D eigenvalue weighted by Crippen LogP contribution is 2.45. The first-order chi connectivity index (χ1) is 9.69. The Morgan fingerprint density at radius 2 is 1.90 bits per heavy atom. The van der Waals surface area contributed by atoms with Crippen molar-refractivity contribution in [3.05, 3.63) is 30.1 Å². The van der Waals surface area contributed by atoms with Gasteiger partial charge >= 0.3 is 0 Å². The minimum atomic E-state index is -1.69. The van der Waals surface area contributed by atoms with E-state index in [9.17, 15) is 13.6 Å². The Balaban J connectivity index is 2.32. The number of rotatable bonds is 3. The van der Waals surface area contributed by atoms with Gasteiger partial charge in [0, 0.05) is 12.2 Å². The predicted molar refractivity (Wildman–Crippen MR) is 83.0 cm³/mol. The van der Waals surface area contributed by atoms with E-state index in [1.165, 1.54) is 26.0 Å². The number of thioether (sulfide) groups is 1. The smallest absolute Gasteiger partial charge is 0.267 e. The molecule has 6 heteroatoms. The van der Waals surface area contributed by atoms with Gasteiger partial charge in [0.15, 0.2) is 5.17 Å². The SMILES string of the molecule is CCN(C1=NC(=O)C(C)(C(C)(C)F)S1)c1ccc(F)cc1. The van der Waals surface area contributed by atoms with Gasteiger partial charge in [0.2, 0.25) is 0 Å². The topological polar surface area (TPSA) is 32.7 Å². The van der Waals surface area contributed by atoms with Crippen LogP contribution in [-0.2, 0) is 4.79 Å². The Labute approximate surface area is 127 Å². The first kappa shape index (κ1) is 15.9. The average molecular weight is 312 g/mol. The van der Waals surface area contributed by atoms with Crippen LogP contribution in [0.15, 0.2) is 29.3 Å². The summed E-state index contributed by atoms with van der Waals surface area (Å²) in [6, 6.07) is 5.92. The van der Waals surface area contributed by atoms with Crippen LogP contribution in [0.4, 0.5) is 14.5 Å². The van der Waals surface area contributed by atoms with Crippen LogP contribution in [0.1, 0.15) is 27.7 Å². The van der Waals surface area contributed by atoms with Crippen molar-refractivity contribution in [1.82, 2.24) is 0 Å². The number of carbonyl (C=O) groups is 1. The van der Waals surface area contributed by atoms with E-state index in [0.29, 0.717) is 11.7 Å². The maximum Gasteiger partial charge on any atom is 0.267 e. The maximum atomic E-state index is 14.3. The molecule has 0 saturated heterocycles. The summed E-state index contributed by atoms with van der Waals surface area (Å²) in [5.41, 5.74) is -0.971. The van der Waals surface area contributed by atoms with E-state index >= 15 is 0 Å². The summed E-state index contributed by atoms with van der Waals surface area (Å²) in [6.07, 6.45) is 0. The second kappa shape index (κ2) is 5.40. The summed E-state index contributed by atoms with van der Waals surface area (Å²) < 4.78 is 26.1. The van der Waals surface area contributed by atoms with Crippen LogP contribution < -0.4 is 4.90 Å². The summed E-state index contributed by atoms with van der Waals surface area (Å²) in [5.74, 6) is -0.808. The predicted octanol–water partition coefficient (Wildman–Crippen LogP) is 3.79. The highest BCUT2D eigenvalue weighted by Gasteiger charge is 2.54. The third-order valence-electron chi connectivity index (χ3n) is 3.72. The van der Waals surface area contributed by atoms with Crippen molar-refractivity contribution in [2.45, 2.75) is 38.1 Å². The molecule has 0 saturated carbocycles. The molecule has 1 amide bonds. The fraction of sp³-hybridized carbons (Fsp3) is 0.467. The number of nitrogens with zero attached hydrogens (tertiary/aromatic N) is 2. The molecule has 1 unspecified atom stereocenters. The van der Waals surface area contributed by atoms with Gasteiger partial charge in [0.05, 0.1) is 0 Å². The zero-order chi connectivity index (χ0) is 15.8. The summed E-state index contributed by atoms with van der Waals surface area (Å²) in [7, 11) is 0. The van der Waals surface area contributed by atoms with Gasteiger partial charge in [-0.2, -0.15) is 4.99 Å². The molecular weight excluding hydrogens is 294 g/mol. The number of aliphatic imine (C=N–C) groups is 1. The minimum absolute atomic E-state index is 0.332. The van der Waals surface area contributed by atoms with Crippen molar-refractivity contribution >= 4 is 28.5 Å². The molecule has 0 bridgehead atoms. The lowest BCUT2D eigenvalue weighted by molar-refractivity contribution is -0.122. The zero-order valence-electron chi connectivity index (χ0n) is 12.5. The lowest BCUT2D eigenvalue weighted by Crippen LogP contribution is -2.46. The average Bonchev–Trinajstić information content (AvgIpc) is 2.69. The van der Waals surface area contributed by atoms with Gasteiger partial charge < -0.3 is 4.90 Å². The lowest BCUT2D eigenvalue weighted by atomic mass is 9.93. The summed E-state index contributed by atoms with van der Waals surface area (Å²) in [5, 5.41) is 0.447. The van der Waals surface area contributed by atoms with Gasteiger partial charge in [-0.3, -0.25) is 4.79 Å². The van der Waals surface area contributed by atoms with E-state index in [4.69, 9.17) is 0 Å². The molecule has 1 atom stereocenters. The molecule has 0 fully saturated rings. The molecule has 2 rings (SSSR count). The van der Waals surface area contributed by atoms with Crippen molar-refractivity contribution in [3.8, 4) is 0 Å². The number of amides is 1. The number of hydrogen-bond acceptors (Lipinski definition) is 3. The molecular formula is C15H18F2N2OS. The van der Waals surface area contributed by atoms with Gasteiger partial charge in [-0.15, -0.1) is 0 Å². The quantitative estimate of drug-likeness (QED) is 0.851. The normalized spacial score (nSPS) is 22.4. The fourth-order valence-corrected chi connectivity index (χ4v) is 3.20. The van der Waals surface area contributed by atoms with E-state index in [1.807, 2.05) is 6.92 Å². The Bertz CT molecular complexity index is 580. The van der Waals surface area contributed by atoms with Crippen LogP contribution in [0, 0.1) is 5.82 Å². The third-order valence-corrected chi connectivity index (χ3v) is 5.28. The third kappa shape index (κ3) is 2.81. The highest BCUT2D eigenvalue weighted by molar-refractivity contribution is 8.16. The van der Waals surface area contributed by atoms with Crippen molar-refractivity contribution in [1.29, 1.82) is 0 Å². The van der Waals surface area contributed by atoms with Gasteiger partial charge in [-0.1, -0.05) is 11.8 Å². The Kier molecular flexibility index (Phi) is 4.10. The second-order valence-electron chi connectivity index (χ2n) is 5.53. The fourth-order valence-electron chi connectivity index (χ4n) is 1.98. The van der Waals surface area contributed by atoms with Gasteiger partial charge in [-0.05, 0) is 52.0 Å². The molecule has 3 nitrogen and oxygen atoms in total. The first-order valence-corrected chi connectivity index (χ1v) is 7.55. The molecule has 1 aliphatic rings. The number of halogens is 2. The summed E-state index contributed by atoms with van der Waals surface area (Å²) >= 11 is 1.12. The second-order valence-corrected chi connectivity index (χ2v) is 6.91. The minimum Gasteiger partial charge on any atom is -0.321 e. The first-order valence-electron chi connectivity index (χ1n) is 6.73. The van der Waals surface area contributed by atoms with E-state index in [1.54, 1.807) is 24.0 Å². The van der Waals surface area contributed by atoms with Crippen molar-refractivity contribution in [2.75, 3.05) is 11.4 Å². The molecule has 21 heavy (non-hydrogen) atoms. The van der Waals surface area contributed by atoms with E-state index < -0.39 is 16.3 Å². The van der Waals surface area contributed by atoms with E-state index in [2.05, 4.69) is 4.99 Å². The summed E-state index contributed by atoms with van der Waals surface area (Å²) in [6.45, 7) is 6.77. The molecule has 114 valence electrons. The molecule has 0 radical (unpaired) electrons. The molecule has 0 N–H and O–H groups in total. The van der Waals surface area contributed by atoms with Gasteiger partial charge in [0.1, 0.15) is 16.2 Å². The summed E-state index contributed by atoms with van der Waals surface area (Å²) in [4.78, 5) is 17.9. The van der Waals surface area contributed by atoms with Gasteiger partial charge in [-0.25, -0.2) is 8.78 Å². The molecule has 0 aromatic heterocycles. The number of benzene rings is 1. The number of alkyl halides is 1.